The summed E-state index contributed by atoms with van der Waals surface area (Å²) >= 11 is 0. The van der Waals surface area contributed by atoms with Gasteiger partial charge in [-0.25, -0.2) is 15.0 Å². The van der Waals surface area contributed by atoms with Crippen molar-refractivity contribution in [3.05, 3.63) is 49.3 Å². The first-order valence-corrected chi connectivity index (χ1v) is 7.75. The van der Waals surface area contributed by atoms with Crippen LogP contribution in [0.15, 0.2) is 49.3 Å². The lowest BCUT2D eigenvalue weighted by molar-refractivity contribution is 0.0954. The monoisotopic (exact) mass is 323 g/mol. The molecule has 7 heteroatoms. The van der Waals surface area contributed by atoms with E-state index in [2.05, 4.69) is 15.0 Å². The normalized spacial score (nSPS) is 19.7. The highest BCUT2D eigenvalue weighted by molar-refractivity contribution is 5.68. The van der Waals surface area contributed by atoms with E-state index in [4.69, 9.17) is 10.5 Å². The maximum absolute atomic E-state index is 10.3. The van der Waals surface area contributed by atoms with Crippen LogP contribution in [0.3, 0.4) is 0 Å². The molecule has 2 heterocycles. The van der Waals surface area contributed by atoms with Crippen molar-refractivity contribution >= 4 is 0 Å². The molecular weight excluding hydrogens is 306 g/mol. The van der Waals surface area contributed by atoms with Crippen molar-refractivity contribution in [1.82, 2.24) is 19.5 Å². The Kier molecular flexibility index (Phi) is 3.62. The summed E-state index contributed by atoms with van der Waals surface area (Å²) in [4.78, 5) is 12.6. The Morgan fingerprint density at radius 2 is 2.08 bits per heavy atom. The average Bonchev–Trinajstić information content (AvgIpc) is 3.09. The Bertz CT molecular complexity index is 827. The standard InChI is InChI=1S/C17H17N5O2/c18-11-5-13(6-11)24-17-9-20-15(8-21-17)14-2-1-12(7-16(14)23)22-4-3-19-10-22/h1-4,7-11,13,23H,5-6,18H2. The topological polar surface area (TPSA) is 99.1 Å². The van der Waals surface area contributed by atoms with Gasteiger partial charge in [-0.2, -0.15) is 0 Å². The highest BCUT2D eigenvalue weighted by Gasteiger charge is 2.28. The lowest BCUT2D eigenvalue weighted by Gasteiger charge is -2.31. The van der Waals surface area contributed by atoms with E-state index in [1.807, 2.05) is 16.8 Å². The van der Waals surface area contributed by atoms with E-state index < -0.39 is 0 Å². The Morgan fingerprint density at radius 1 is 1.21 bits per heavy atom. The zero-order chi connectivity index (χ0) is 16.5. The van der Waals surface area contributed by atoms with E-state index in [9.17, 15) is 5.11 Å². The third-order valence-electron chi connectivity index (χ3n) is 4.11. The van der Waals surface area contributed by atoms with Crippen molar-refractivity contribution in [1.29, 1.82) is 0 Å². The fourth-order valence-electron chi connectivity index (χ4n) is 2.70. The molecule has 0 spiro atoms. The van der Waals surface area contributed by atoms with Gasteiger partial charge in [0.2, 0.25) is 5.88 Å². The van der Waals surface area contributed by atoms with Crippen LogP contribution in [0.25, 0.3) is 16.9 Å². The van der Waals surface area contributed by atoms with Crippen molar-refractivity contribution in [2.45, 2.75) is 25.0 Å². The minimum Gasteiger partial charge on any atom is -0.507 e. The molecule has 4 rings (SSSR count). The van der Waals surface area contributed by atoms with Gasteiger partial charge in [-0.05, 0) is 25.0 Å². The van der Waals surface area contributed by atoms with Crippen molar-refractivity contribution in [2.75, 3.05) is 0 Å². The summed E-state index contributed by atoms with van der Waals surface area (Å²) in [7, 11) is 0. The number of hydrogen-bond acceptors (Lipinski definition) is 6. The van der Waals surface area contributed by atoms with Gasteiger partial charge in [0.05, 0.1) is 30.1 Å². The van der Waals surface area contributed by atoms with Crippen LogP contribution < -0.4 is 10.5 Å². The molecule has 122 valence electrons. The highest BCUT2D eigenvalue weighted by atomic mass is 16.5. The molecular formula is C17H17N5O2. The van der Waals surface area contributed by atoms with E-state index in [0.29, 0.717) is 17.1 Å². The van der Waals surface area contributed by atoms with E-state index in [1.165, 1.54) is 0 Å². The first-order chi connectivity index (χ1) is 11.7. The molecule has 1 aliphatic carbocycles. The lowest BCUT2D eigenvalue weighted by Crippen LogP contribution is -2.43. The summed E-state index contributed by atoms with van der Waals surface area (Å²) < 4.78 is 7.50. The Balaban J connectivity index is 1.53. The van der Waals surface area contributed by atoms with Crippen molar-refractivity contribution < 1.29 is 9.84 Å². The van der Waals surface area contributed by atoms with Crippen LogP contribution in [0.4, 0.5) is 0 Å². The molecule has 0 atom stereocenters. The largest absolute Gasteiger partial charge is 0.507 e. The quantitative estimate of drug-likeness (QED) is 0.761. The summed E-state index contributed by atoms with van der Waals surface area (Å²) in [6.07, 6.45) is 10.2. The summed E-state index contributed by atoms with van der Waals surface area (Å²) in [5, 5.41) is 10.3. The molecule has 0 saturated heterocycles. The van der Waals surface area contributed by atoms with E-state index in [-0.39, 0.29) is 17.9 Å². The number of aromatic nitrogens is 4. The van der Waals surface area contributed by atoms with Gasteiger partial charge in [0.15, 0.2) is 0 Å². The van der Waals surface area contributed by atoms with Crippen LogP contribution in [0.2, 0.25) is 0 Å². The van der Waals surface area contributed by atoms with Gasteiger partial charge in [-0.1, -0.05) is 0 Å². The average molecular weight is 323 g/mol. The van der Waals surface area contributed by atoms with Crippen LogP contribution in [-0.2, 0) is 0 Å². The highest BCUT2D eigenvalue weighted by Crippen LogP contribution is 2.30. The number of nitrogens with zero attached hydrogens (tertiary/aromatic N) is 4. The molecule has 0 amide bonds. The number of phenolic OH excluding ortho intramolecular Hbond substituents is 1. The molecule has 1 saturated carbocycles. The van der Waals surface area contributed by atoms with Gasteiger partial charge in [-0.3, -0.25) is 0 Å². The molecule has 2 aromatic heterocycles. The third kappa shape index (κ3) is 2.81. The van der Waals surface area contributed by atoms with Gasteiger partial charge in [-0.15, -0.1) is 0 Å². The molecule has 3 N–H and O–H groups in total. The fourth-order valence-corrected chi connectivity index (χ4v) is 2.70. The second-order valence-electron chi connectivity index (χ2n) is 5.88. The predicted molar refractivity (Wildman–Crippen MR) is 87.9 cm³/mol. The van der Waals surface area contributed by atoms with E-state index in [0.717, 1.165) is 18.5 Å². The summed E-state index contributed by atoms with van der Waals surface area (Å²) in [6.45, 7) is 0. The molecule has 0 bridgehead atoms. The summed E-state index contributed by atoms with van der Waals surface area (Å²) in [5.41, 5.74) is 7.76. The Morgan fingerprint density at radius 3 is 2.71 bits per heavy atom. The summed E-state index contributed by atoms with van der Waals surface area (Å²) in [6, 6.07) is 5.59. The molecule has 1 aromatic carbocycles. The molecule has 3 aromatic rings. The second kappa shape index (κ2) is 5.93. The summed E-state index contributed by atoms with van der Waals surface area (Å²) in [5.74, 6) is 0.610. The van der Waals surface area contributed by atoms with Crippen LogP contribution in [0.1, 0.15) is 12.8 Å². The number of aromatic hydroxyl groups is 1. The minimum absolute atomic E-state index is 0.128. The third-order valence-corrected chi connectivity index (χ3v) is 4.11. The minimum atomic E-state index is 0.128. The zero-order valence-electron chi connectivity index (χ0n) is 12.9. The Labute approximate surface area is 138 Å². The van der Waals surface area contributed by atoms with E-state index in [1.54, 1.807) is 37.1 Å². The molecule has 1 fully saturated rings. The number of rotatable bonds is 4. The van der Waals surface area contributed by atoms with Crippen molar-refractivity contribution in [3.63, 3.8) is 0 Å². The maximum Gasteiger partial charge on any atom is 0.232 e. The predicted octanol–water partition coefficient (Wildman–Crippen LogP) is 1.90. The van der Waals surface area contributed by atoms with Gasteiger partial charge in [0.25, 0.3) is 0 Å². The zero-order valence-corrected chi connectivity index (χ0v) is 12.9. The molecule has 0 aliphatic heterocycles. The molecule has 0 unspecified atom stereocenters. The molecule has 1 aliphatic rings. The number of phenols is 1. The molecule has 0 radical (unpaired) electrons. The van der Waals surface area contributed by atoms with Crippen LogP contribution in [0.5, 0.6) is 11.6 Å². The maximum atomic E-state index is 10.3. The van der Waals surface area contributed by atoms with Crippen molar-refractivity contribution in [2.24, 2.45) is 5.73 Å². The van der Waals surface area contributed by atoms with Crippen molar-refractivity contribution in [3.8, 4) is 28.6 Å². The smallest absolute Gasteiger partial charge is 0.232 e. The fraction of sp³-hybridized carbons (Fsp3) is 0.235. The number of imidazole rings is 1. The van der Waals surface area contributed by atoms with Crippen LogP contribution in [0, 0.1) is 0 Å². The first kappa shape index (κ1) is 14.6. The molecule has 7 nitrogen and oxygen atoms in total. The Hall–Kier alpha value is -2.93. The SMILES string of the molecule is NC1CC(Oc2cnc(-c3ccc(-n4ccnc4)cc3O)cn2)C1. The van der Waals surface area contributed by atoms with Gasteiger partial charge in [0.1, 0.15) is 11.9 Å². The number of benzene rings is 1. The molecule has 24 heavy (non-hydrogen) atoms. The van der Waals surface area contributed by atoms with Gasteiger partial charge >= 0.3 is 0 Å². The number of nitrogens with two attached hydrogens (primary N) is 1. The van der Waals surface area contributed by atoms with Gasteiger partial charge in [0, 0.05) is 30.1 Å². The first-order valence-electron chi connectivity index (χ1n) is 7.75. The number of hydrogen-bond donors (Lipinski definition) is 2. The second-order valence-corrected chi connectivity index (χ2v) is 5.88. The lowest BCUT2D eigenvalue weighted by atomic mass is 9.90. The van der Waals surface area contributed by atoms with Crippen LogP contribution >= 0.6 is 0 Å². The van der Waals surface area contributed by atoms with E-state index >= 15 is 0 Å². The van der Waals surface area contributed by atoms with Crippen LogP contribution in [-0.4, -0.2) is 36.8 Å². The number of ether oxygens (including phenoxy) is 1. The van der Waals surface area contributed by atoms with Gasteiger partial charge < -0.3 is 20.1 Å².